The van der Waals surface area contributed by atoms with Gasteiger partial charge in [-0.2, -0.15) is 0 Å². The molecule has 0 amide bonds. The molecule has 0 aliphatic rings. The number of carbonyl (C=O) groups is 2. The molecular weight excluding hydrogens is 296 g/mol. The zero-order chi connectivity index (χ0) is 16.7. The van der Waals surface area contributed by atoms with Crippen LogP contribution >= 0.6 is 0 Å². The first kappa shape index (κ1) is 16.5. The highest BCUT2D eigenvalue weighted by atomic mass is 16.5. The van der Waals surface area contributed by atoms with Gasteiger partial charge in [0, 0.05) is 6.42 Å². The third kappa shape index (κ3) is 4.57. The topological polar surface area (TPSA) is 61.8 Å². The lowest BCUT2D eigenvalue weighted by molar-refractivity contribution is -0.140. The fraction of sp³-hybridized carbons (Fsp3) is 0.222. The summed E-state index contributed by atoms with van der Waals surface area (Å²) < 4.78 is 15.5. The molecule has 5 nitrogen and oxygen atoms in total. The van der Waals surface area contributed by atoms with Gasteiger partial charge in [-0.15, -0.1) is 0 Å². The van der Waals surface area contributed by atoms with E-state index in [0.717, 1.165) is 0 Å². The lowest BCUT2D eigenvalue weighted by Crippen LogP contribution is -2.07. The second-order valence-corrected chi connectivity index (χ2v) is 4.78. The number of para-hydroxylation sites is 1. The van der Waals surface area contributed by atoms with Crippen LogP contribution in [0.2, 0.25) is 0 Å². The van der Waals surface area contributed by atoms with E-state index in [0.29, 0.717) is 22.8 Å². The normalized spacial score (nSPS) is 10.0. The predicted molar refractivity (Wildman–Crippen MR) is 85.1 cm³/mol. The van der Waals surface area contributed by atoms with Crippen molar-refractivity contribution in [3.05, 3.63) is 54.1 Å². The molecule has 120 valence electrons. The molecule has 2 aromatic rings. The molecule has 23 heavy (non-hydrogen) atoms. The van der Waals surface area contributed by atoms with Crippen LogP contribution in [0.25, 0.3) is 0 Å². The molecule has 2 aromatic carbocycles. The van der Waals surface area contributed by atoms with E-state index < -0.39 is 5.97 Å². The largest absolute Gasteiger partial charge is 0.496 e. The Labute approximate surface area is 134 Å². The number of benzene rings is 2. The summed E-state index contributed by atoms with van der Waals surface area (Å²) in [6.07, 6.45) is 0.0834. The summed E-state index contributed by atoms with van der Waals surface area (Å²) in [5, 5.41) is 0. The molecule has 0 radical (unpaired) electrons. The summed E-state index contributed by atoms with van der Waals surface area (Å²) in [6.45, 7) is 0. The van der Waals surface area contributed by atoms with Gasteiger partial charge in [0.1, 0.15) is 17.2 Å². The first-order chi connectivity index (χ1) is 11.1. The monoisotopic (exact) mass is 314 g/mol. The van der Waals surface area contributed by atoms with Crippen LogP contribution in [0, 0.1) is 0 Å². The van der Waals surface area contributed by atoms with Gasteiger partial charge in [0.2, 0.25) is 0 Å². The molecule has 0 N–H and O–H groups in total. The van der Waals surface area contributed by atoms with Crippen molar-refractivity contribution >= 4 is 11.8 Å². The Morgan fingerprint density at radius 3 is 2.30 bits per heavy atom. The molecule has 0 bridgehead atoms. The Bertz CT molecular complexity index is 679. The summed E-state index contributed by atoms with van der Waals surface area (Å²) in [5.41, 5.74) is 0.379. The summed E-state index contributed by atoms with van der Waals surface area (Å²) >= 11 is 0. The zero-order valence-corrected chi connectivity index (χ0v) is 13.1. The lowest BCUT2D eigenvalue weighted by Gasteiger charge is -2.11. The highest BCUT2D eigenvalue weighted by Gasteiger charge is 2.15. The van der Waals surface area contributed by atoms with Crippen LogP contribution in [0.3, 0.4) is 0 Å². The predicted octanol–water partition coefficient (Wildman–Crippen LogP) is 3.62. The van der Waals surface area contributed by atoms with Crippen molar-refractivity contribution in [3.63, 3.8) is 0 Å². The molecular formula is C18H18O5. The molecule has 0 fully saturated rings. The van der Waals surface area contributed by atoms with Crippen LogP contribution in [-0.4, -0.2) is 26.0 Å². The molecule has 0 heterocycles. The lowest BCUT2D eigenvalue weighted by atomic mass is 10.1. The number of carbonyl (C=O) groups excluding carboxylic acids is 2. The Balaban J connectivity index is 2.18. The standard InChI is InChI=1S/C18H18O5/c1-21-17-10-8-14(23-13-6-4-3-5-7-13)12-15(17)16(19)9-11-18(20)22-2/h3-8,10,12H,9,11H2,1-2H3. The minimum Gasteiger partial charge on any atom is -0.496 e. The Hall–Kier alpha value is -2.82. The first-order valence-electron chi connectivity index (χ1n) is 7.15. The van der Waals surface area contributed by atoms with Gasteiger partial charge >= 0.3 is 5.97 Å². The number of Topliss-reactive ketones (excluding diaryl/α,β-unsaturated/α-hetero) is 1. The zero-order valence-electron chi connectivity index (χ0n) is 13.1. The number of ketones is 1. The summed E-state index contributed by atoms with van der Waals surface area (Å²) in [5.74, 6) is 1.02. The number of methoxy groups -OCH3 is 2. The second kappa shape index (κ2) is 7.98. The average Bonchev–Trinajstić information content (AvgIpc) is 2.60. The van der Waals surface area contributed by atoms with E-state index in [2.05, 4.69) is 4.74 Å². The first-order valence-corrected chi connectivity index (χ1v) is 7.15. The maximum absolute atomic E-state index is 12.3. The summed E-state index contributed by atoms with van der Waals surface area (Å²) in [7, 11) is 2.78. The van der Waals surface area contributed by atoms with E-state index in [1.54, 1.807) is 18.2 Å². The van der Waals surface area contributed by atoms with Gasteiger partial charge in [-0.3, -0.25) is 9.59 Å². The van der Waals surface area contributed by atoms with Gasteiger partial charge < -0.3 is 14.2 Å². The van der Waals surface area contributed by atoms with Crippen molar-refractivity contribution in [3.8, 4) is 17.2 Å². The number of esters is 1. The Morgan fingerprint density at radius 2 is 1.65 bits per heavy atom. The Kier molecular flexibility index (Phi) is 5.74. The molecule has 2 rings (SSSR count). The molecule has 0 atom stereocenters. The SMILES string of the molecule is COC(=O)CCC(=O)c1cc(Oc2ccccc2)ccc1OC. The fourth-order valence-corrected chi connectivity index (χ4v) is 2.05. The van der Waals surface area contributed by atoms with E-state index in [4.69, 9.17) is 9.47 Å². The van der Waals surface area contributed by atoms with E-state index in [-0.39, 0.29) is 18.6 Å². The number of hydrogen-bond acceptors (Lipinski definition) is 5. The van der Waals surface area contributed by atoms with Crippen LogP contribution in [0.4, 0.5) is 0 Å². The van der Waals surface area contributed by atoms with E-state index in [1.807, 2.05) is 30.3 Å². The van der Waals surface area contributed by atoms with Gasteiger partial charge in [0.05, 0.1) is 26.2 Å². The quantitative estimate of drug-likeness (QED) is 0.577. The molecule has 0 saturated heterocycles. The van der Waals surface area contributed by atoms with Crippen LogP contribution in [-0.2, 0) is 9.53 Å². The minimum absolute atomic E-state index is 0.0300. The maximum atomic E-state index is 12.3. The third-order valence-electron chi connectivity index (χ3n) is 3.23. The van der Waals surface area contributed by atoms with E-state index in [9.17, 15) is 9.59 Å². The molecule has 0 spiro atoms. The summed E-state index contributed by atoms with van der Waals surface area (Å²) in [6, 6.07) is 14.3. The highest BCUT2D eigenvalue weighted by molar-refractivity contribution is 6.00. The molecule has 0 aromatic heterocycles. The fourth-order valence-electron chi connectivity index (χ4n) is 2.05. The Morgan fingerprint density at radius 1 is 0.913 bits per heavy atom. The van der Waals surface area contributed by atoms with Gasteiger partial charge in [0.25, 0.3) is 0 Å². The highest BCUT2D eigenvalue weighted by Crippen LogP contribution is 2.28. The molecule has 0 saturated carbocycles. The number of hydrogen-bond donors (Lipinski definition) is 0. The van der Waals surface area contributed by atoms with Crippen molar-refractivity contribution < 1.29 is 23.8 Å². The van der Waals surface area contributed by atoms with Crippen LogP contribution in [0.1, 0.15) is 23.2 Å². The van der Waals surface area contributed by atoms with Crippen LogP contribution in [0.5, 0.6) is 17.2 Å². The van der Waals surface area contributed by atoms with Crippen molar-refractivity contribution in [2.45, 2.75) is 12.8 Å². The summed E-state index contributed by atoms with van der Waals surface area (Å²) in [4.78, 5) is 23.5. The number of ether oxygens (including phenoxy) is 3. The molecule has 5 heteroatoms. The van der Waals surface area contributed by atoms with Crippen molar-refractivity contribution in [1.82, 2.24) is 0 Å². The van der Waals surface area contributed by atoms with Gasteiger partial charge in [0.15, 0.2) is 5.78 Å². The van der Waals surface area contributed by atoms with E-state index in [1.165, 1.54) is 14.2 Å². The van der Waals surface area contributed by atoms with Gasteiger partial charge in [-0.05, 0) is 30.3 Å². The van der Waals surface area contributed by atoms with Crippen LogP contribution in [0.15, 0.2) is 48.5 Å². The molecule has 0 aliphatic carbocycles. The van der Waals surface area contributed by atoms with Gasteiger partial charge in [-0.1, -0.05) is 18.2 Å². The van der Waals surface area contributed by atoms with Crippen molar-refractivity contribution in [1.29, 1.82) is 0 Å². The minimum atomic E-state index is -0.422. The average molecular weight is 314 g/mol. The van der Waals surface area contributed by atoms with Crippen molar-refractivity contribution in [2.75, 3.05) is 14.2 Å². The maximum Gasteiger partial charge on any atom is 0.305 e. The van der Waals surface area contributed by atoms with Crippen LogP contribution < -0.4 is 9.47 Å². The number of rotatable bonds is 7. The van der Waals surface area contributed by atoms with Gasteiger partial charge in [-0.25, -0.2) is 0 Å². The van der Waals surface area contributed by atoms with Crippen molar-refractivity contribution in [2.24, 2.45) is 0 Å². The molecule has 0 unspecified atom stereocenters. The molecule has 0 aliphatic heterocycles. The third-order valence-corrected chi connectivity index (χ3v) is 3.23. The van der Waals surface area contributed by atoms with E-state index >= 15 is 0 Å². The second-order valence-electron chi connectivity index (χ2n) is 4.78. The smallest absolute Gasteiger partial charge is 0.305 e.